The zero-order valence-corrected chi connectivity index (χ0v) is 6.18. The van der Waals surface area contributed by atoms with E-state index in [1.165, 1.54) is 6.92 Å². The Morgan fingerprint density at radius 2 is 2.08 bits per heavy atom. The van der Waals surface area contributed by atoms with Crippen LogP contribution in [0.15, 0.2) is 6.07 Å². The van der Waals surface area contributed by atoms with E-state index in [1.54, 1.807) is 0 Å². The number of rotatable bonds is 1. The maximum atomic E-state index is 12.5. The Morgan fingerprint density at radius 3 is 2.50 bits per heavy atom. The first-order valence-electron chi connectivity index (χ1n) is 3.16. The highest BCUT2D eigenvalue weighted by Crippen LogP contribution is 2.24. The van der Waals surface area contributed by atoms with Gasteiger partial charge >= 0.3 is 0 Å². The molecule has 0 radical (unpaired) electrons. The number of pyridine rings is 1. The van der Waals surface area contributed by atoms with Crippen molar-refractivity contribution in [1.82, 2.24) is 4.98 Å². The summed E-state index contributed by atoms with van der Waals surface area (Å²) >= 11 is 0. The lowest BCUT2D eigenvalue weighted by molar-refractivity contribution is 0.144. The first-order chi connectivity index (χ1) is 5.52. The number of alkyl halides is 2. The van der Waals surface area contributed by atoms with Crippen molar-refractivity contribution in [2.75, 3.05) is 0 Å². The largest absolute Gasteiger partial charge is 0.503 e. The molecule has 0 bridgehead atoms. The molecule has 0 spiro atoms. The highest BCUT2D eigenvalue weighted by molar-refractivity contribution is 5.31. The number of aryl methyl sites for hydroxylation is 1. The molecule has 2 nitrogen and oxygen atoms in total. The second-order valence-corrected chi connectivity index (χ2v) is 2.30. The Balaban J connectivity index is 3.21. The van der Waals surface area contributed by atoms with Gasteiger partial charge in [0.15, 0.2) is 5.75 Å². The van der Waals surface area contributed by atoms with Crippen molar-refractivity contribution in [2.45, 2.75) is 13.3 Å². The van der Waals surface area contributed by atoms with Gasteiger partial charge in [0.05, 0.1) is 0 Å². The van der Waals surface area contributed by atoms with E-state index >= 15 is 0 Å². The van der Waals surface area contributed by atoms with Crippen molar-refractivity contribution in [1.29, 1.82) is 0 Å². The van der Waals surface area contributed by atoms with E-state index in [4.69, 9.17) is 5.11 Å². The minimum atomic E-state index is -2.82. The van der Waals surface area contributed by atoms with Crippen LogP contribution in [-0.4, -0.2) is 10.1 Å². The van der Waals surface area contributed by atoms with Gasteiger partial charge in [-0.05, 0) is 18.6 Å². The quantitative estimate of drug-likeness (QED) is 0.667. The van der Waals surface area contributed by atoms with Gasteiger partial charge in [-0.15, -0.1) is 0 Å². The molecule has 0 unspecified atom stereocenters. The molecule has 1 rings (SSSR count). The fourth-order valence-corrected chi connectivity index (χ4v) is 0.763. The molecular weight excluding hydrogens is 171 g/mol. The molecule has 1 N–H and O–H groups in total. The molecule has 0 aromatic carbocycles. The SMILES string of the molecule is Cc1cc(C(F)F)nc(F)c1O. The molecule has 1 aromatic heterocycles. The Kier molecular flexibility index (Phi) is 2.21. The van der Waals surface area contributed by atoms with E-state index < -0.39 is 23.8 Å². The van der Waals surface area contributed by atoms with Crippen LogP contribution in [0.5, 0.6) is 5.75 Å². The van der Waals surface area contributed by atoms with Gasteiger partial charge in [-0.3, -0.25) is 0 Å². The van der Waals surface area contributed by atoms with Crippen LogP contribution in [-0.2, 0) is 0 Å². The molecule has 1 heterocycles. The van der Waals surface area contributed by atoms with Crippen LogP contribution in [0.4, 0.5) is 13.2 Å². The molecule has 0 saturated carbocycles. The molecule has 0 saturated heterocycles. The molecule has 66 valence electrons. The number of nitrogens with zero attached hydrogens (tertiary/aromatic N) is 1. The fourth-order valence-electron chi connectivity index (χ4n) is 0.763. The van der Waals surface area contributed by atoms with E-state index in [1.807, 2.05) is 0 Å². The zero-order valence-electron chi connectivity index (χ0n) is 6.18. The summed E-state index contributed by atoms with van der Waals surface area (Å²) in [5.41, 5.74) is -0.611. The van der Waals surface area contributed by atoms with Crippen molar-refractivity contribution >= 4 is 0 Å². The predicted molar refractivity (Wildman–Crippen MR) is 35.6 cm³/mol. The summed E-state index contributed by atoms with van der Waals surface area (Å²) in [5.74, 6) is -1.94. The summed E-state index contributed by atoms with van der Waals surface area (Å²) in [6, 6.07) is 0.947. The van der Waals surface area contributed by atoms with Crippen molar-refractivity contribution < 1.29 is 18.3 Å². The molecule has 0 aliphatic rings. The molecule has 0 atom stereocenters. The van der Waals surface area contributed by atoms with E-state index in [-0.39, 0.29) is 5.56 Å². The summed E-state index contributed by atoms with van der Waals surface area (Å²) in [6.07, 6.45) is -2.82. The summed E-state index contributed by atoms with van der Waals surface area (Å²) in [5, 5.41) is 8.83. The van der Waals surface area contributed by atoms with Crippen LogP contribution in [0, 0.1) is 12.9 Å². The van der Waals surface area contributed by atoms with Crippen LogP contribution in [0.3, 0.4) is 0 Å². The van der Waals surface area contributed by atoms with Gasteiger partial charge in [-0.2, -0.15) is 4.39 Å². The third-order valence-electron chi connectivity index (χ3n) is 1.38. The maximum Gasteiger partial charge on any atom is 0.280 e. The van der Waals surface area contributed by atoms with Gasteiger partial charge in [0.1, 0.15) is 5.69 Å². The van der Waals surface area contributed by atoms with Crippen LogP contribution >= 0.6 is 0 Å². The Labute approximate surface area is 66.7 Å². The topological polar surface area (TPSA) is 33.1 Å². The van der Waals surface area contributed by atoms with Gasteiger partial charge in [0, 0.05) is 0 Å². The van der Waals surface area contributed by atoms with Gasteiger partial charge in [-0.1, -0.05) is 0 Å². The summed E-state index contributed by atoms with van der Waals surface area (Å²) in [4.78, 5) is 2.87. The van der Waals surface area contributed by atoms with Crippen LogP contribution in [0.2, 0.25) is 0 Å². The van der Waals surface area contributed by atoms with E-state index in [2.05, 4.69) is 4.98 Å². The smallest absolute Gasteiger partial charge is 0.280 e. The Bertz CT molecular complexity index is 278. The molecule has 12 heavy (non-hydrogen) atoms. The minimum Gasteiger partial charge on any atom is -0.503 e. The normalized spacial score (nSPS) is 10.8. The van der Waals surface area contributed by atoms with E-state index in [0.717, 1.165) is 6.07 Å². The average molecular weight is 177 g/mol. The lowest BCUT2D eigenvalue weighted by Gasteiger charge is -2.02. The number of aromatic hydroxyl groups is 1. The number of halogens is 3. The lowest BCUT2D eigenvalue weighted by atomic mass is 10.2. The third-order valence-corrected chi connectivity index (χ3v) is 1.38. The first-order valence-corrected chi connectivity index (χ1v) is 3.16. The first kappa shape index (κ1) is 8.83. The second-order valence-electron chi connectivity index (χ2n) is 2.30. The highest BCUT2D eigenvalue weighted by atomic mass is 19.3. The monoisotopic (exact) mass is 177 g/mol. The fraction of sp³-hybridized carbons (Fsp3) is 0.286. The summed E-state index contributed by atoms with van der Waals surface area (Å²) in [6.45, 7) is 1.33. The maximum absolute atomic E-state index is 12.5. The zero-order chi connectivity index (χ0) is 9.30. The summed E-state index contributed by atoms with van der Waals surface area (Å²) in [7, 11) is 0. The molecule has 0 fully saturated rings. The summed E-state index contributed by atoms with van der Waals surface area (Å²) < 4.78 is 36.4. The Hall–Kier alpha value is -1.26. The van der Waals surface area contributed by atoms with Crippen LogP contribution in [0.1, 0.15) is 17.7 Å². The van der Waals surface area contributed by atoms with Crippen molar-refractivity contribution in [3.8, 4) is 5.75 Å². The number of hydrogen-bond donors (Lipinski definition) is 1. The average Bonchev–Trinajstić information content (AvgIpc) is 1.99. The van der Waals surface area contributed by atoms with Crippen molar-refractivity contribution in [3.63, 3.8) is 0 Å². The minimum absolute atomic E-state index is 0.0535. The van der Waals surface area contributed by atoms with Crippen molar-refractivity contribution in [3.05, 3.63) is 23.3 Å². The molecule has 0 aliphatic heterocycles. The molecular formula is C7H6F3NO. The van der Waals surface area contributed by atoms with Crippen molar-refractivity contribution in [2.24, 2.45) is 0 Å². The highest BCUT2D eigenvalue weighted by Gasteiger charge is 2.14. The number of aromatic nitrogens is 1. The van der Waals surface area contributed by atoms with Crippen LogP contribution < -0.4 is 0 Å². The van der Waals surface area contributed by atoms with Gasteiger partial charge in [0.2, 0.25) is 0 Å². The second kappa shape index (κ2) is 3.00. The predicted octanol–water partition coefficient (Wildman–Crippen LogP) is 2.17. The molecule has 0 amide bonds. The van der Waals surface area contributed by atoms with Gasteiger partial charge < -0.3 is 5.11 Å². The van der Waals surface area contributed by atoms with Gasteiger partial charge in [-0.25, -0.2) is 13.8 Å². The standard InChI is InChI=1S/C7H6F3NO/c1-3-2-4(6(8)9)11-7(10)5(3)12/h2,6,12H,1H3. The molecule has 0 aliphatic carbocycles. The van der Waals surface area contributed by atoms with E-state index in [0.29, 0.717) is 0 Å². The van der Waals surface area contributed by atoms with Crippen LogP contribution in [0.25, 0.3) is 0 Å². The molecule has 5 heteroatoms. The Morgan fingerprint density at radius 1 is 1.50 bits per heavy atom. The molecule has 1 aromatic rings. The third kappa shape index (κ3) is 1.49. The van der Waals surface area contributed by atoms with Gasteiger partial charge in [0.25, 0.3) is 12.4 Å². The van der Waals surface area contributed by atoms with E-state index in [9.17, 15) is 13.2 Å². The number of hydrogen-bond acceptors (Lipinski definition) is 2. The lowest BCUT2D eigenvalue weighted by Crippen LogP contribution is -1.95.